The molecule has 7 heteroatoms. The highest BCUT2D eigenvalue weighted by Gasteiger charge is 2.26. The summed E-state index contributed by atoms with van der Waals surface area (Å²) < 4.78 is 10.7. The molecule has 0 fully saturated rings. The smallest absolute Gasteiger partial charge is 0.410 e. The second kappa shape index (κ2) is 6.90. The number of amides is 1. The van der Waals surface area contributed by atoms with Crippen molar-refractivity contribution in [1.29, 1.82) is 0 Å². The number of hydrogen-bond acceptors (Lipinski definition) is 5. The third-order valence-corrected chi connectivity index (χ3v) is 3.54. The van der Waals surface area contributed by atoms with Gasteiger partial charge in [-0.15, -0.1) is 0 Å². The molecule has 0 saturated carbocycles. The normalized spacial score (nSPS) is 14.8. The monoisotopic (exact) mass is 334 g/mol. The maximum atomic E-state index is 12.2. The van der Waals surface area contributed by atoms with Gasteiger partial charge in [0.05, 0.1) is 18.1 Å². The Morgan fingerprint density at radius 3 is 2.62 bits per heavy atom. The molecule has 24 heavy (non-hydrogen) atoms. The zero-order chi connectivity index (χ0) is 17.9. The molecule has 0 atom stereocenters. The molecule has 2 rings (SSSR count). The predicted octanol–water partition coefficient (Wildman–Crippen LogP) is 3.63. The van der Waals surface area contributed by atoms with Gasteiger partial charge >= 0.3 is 6.09 Å². The number of nitrogens with zero attached hydrogens (tertiary/aromatic N) is 2. The highest BCUT2D eigenvalue weighted by atomic mass is 16.6. The van der Waals surface area contributed by atoms with Crippen molar-refractivity contribution in [3.8, 4) is 5.75 Å². The number of non-ortho nitro benzene ring substituents is 1. The molecule has 0 spiro atoms. The maximum absolute atomic E-state index is 12.2. The molecule has 1 heterocycles. The molecule has 1 aromatic carbocycles. The van der Waals surface area contributed by atoms with Crippen molar-refractivity contribution in [3.05, 3.63) is 40.0 Å². The summed E-state index contributed by atoms with van der Waals surface area (Å²) in [5.74, 6) is 0.418. The van der Waals surface area contributed by atoms with E-state index in [1.54, 1.807) is 11.0 Å². The van der Waals surface area contributed by atoms with Crippen LogP contribution < -0.4 is 4.74 Å². The minimum absolute atomic E-state index is 0.0315. The van der Waals surface area contributed by atoms with Crippen LogP contribution in [0.3, 0.4) is 0 Å². The van der Waals surface area contributed by atoms with Gasteiger partial charge in [-0.05, 0) is 38.8 Å². The van der Waals surface area contributed by atoms with Crippen molar-refractivity contribution >= 4 is 17.4 Å². The standard InChI is InChI=1S/C17H22N2O5/c1-17(2,3)24-16(20)18-9-5-6-12(11-18)14-8-7-13(19(21)22)10-15(14)23-4/h6-8,10H,5,9,11H2,1-4H3. The average Bonchev–Trinajstić information content (AvgIpc) is 2.52. The Morgan fingerprint density at radius 2 is 2.04 bits per heavy atom. The number of benzene rings is 1. The van der Waals surface area contributed by atoms with Gasteiger partial charge in [-0.1, -0.05) is 6.08 Å². The SMILES string of the molecule is COc1cc([N+](=O)[O-])ccc1C1=CCCN(C(=O)OC(C)(C)C)C1. The molecule has 1 aliphatic rings. The Morgan fingerprint density at radius 1 is 1.33 bits per heavy atom. The lowest BCUT2D eigenvalue weighted by molar-refractivity contribution is -0.384. The number of carbonyl (C=O) groups is 1. The Balaban J connectivity index is 2.22. The summed E-state index contributed by atoms with van der Waals surface area (Å²) in [5.41, 5.74) is 1.05. The molecule has 0 saturated heterocycles. The summed E-state index contributed by atoms with van der Waals surface area (Å²) in [5, 5.41) is 10.9. The van der Waals surface area contributed by atoms with Crippen molar-refractivity contribution < 1.29 is 19.2 Å². The molecule has 1 aromatic rings. The first-order valence-corrected chi connectivity index (χ1v) is 7.71. The van der Waals surface area contributed by atoms with Crippen LogP contribution in [0.2, 0.25) is 0 Å². The summed E-state index contributed by atoms with van der Waals surface area (Å²) in [6, 6.07) is 4.48. The van der Waals surface area contributed by atoms with Gasteiger partial charge in [-0.25, -0.2) is 4.79 Å². The molecule has 130 valence electrons. The van der Waals surface area contributed by atoms with Gasteiger partial charge in [-0.3, -0.25) is 10.1 Å². The second-order valence-corrected chi connectivity index (χ2v) is 6.56. The number of hydrogen-bond donors (Lipinski definition) is 0. The molecule has 0 radical (unpaired) electrons. The van der Waals surface area contributed by atoms with Crippen LogP contribution in [0, 0.1) is 10.1 Å². The molecule has 0 aliphatic carbocycles. The van der Waals surface area contributed by atoms with Crippen molar-refractivity contribution in [1.82, 2.24) is 4.90 Å². The highest BCUT2D eigenvalue weighted by Crippen LogP contribution is 2.32. The van der Waals surface area contributed by atoms with Gasteiger partial charge in [-0.2, -0.15) is 0 Å². The van der Waals surface area contributed by atoms with Crippen molar-refractivity contribution in [3.63, 3.8) is 0 Å². The molecule has 7 nitrogen and oxygen atoms in total. The van der Waals surface area contributed by atoms with Crippen molar-refractivity contribution in [2.75, 3.05) is 20.2 Å². The Kier molecular flexibility index (Phi) is 5.11. The third-order valence-electron chi connectivity index (χ3n) is 3.54. The zero-order valence-electron chi connectivity index (χ0n) is 14.4. The van der Waals surface area contributed by atoms with E-state index in [1.165, 1.54) is 19.2 Å². The van der Waals surface area contributed by atoms with Gasteiger partial charge in [0.25, 0.3) is 5.69 Å². The predicted molar refractivity (Wildman–Crippen MR) is 90.0 cm³/mol. The van der Waals surface area contributed by atoms with E-state index < -0.39 is 10.5 Å². The first kappa shape index (κ1) is 17.8. The van der Waals surface area contributed by atoms with Gasteiger partial charge in [0.1, 0.15) is 11.4 Å². The first-order chi connectivity index (χ1) is 11.2. The summed E-state index contributed by atoms with van der Waals surface area (Å²) >= 11 is 0. The Hall–Kier alpha value is -2.57. The van der Waals surface area contributed by atoms with Gasteiger partial charge in [0.15, 0.2) is 0 Å². The van der Waals surface area contributed by atoms with E-state index in [2.05, 4.69) is 0 Å². The number of ether oxygens (including phenoxy) is 2. The molecular weight excluding hydrogens is 312 g/mol. The number of methoxy groups -OCH3 is 1. The van der Waals surface area contributed by atoms with Crippen LogP contribution in [0.4, 0.5) is 10.5 Å². The second-order valence-electron chi connectivity index (χ2n) is 6.56. The third kappa shape index (κ3) is 4.24. The molecule has 1 aliphatic heterocycles. The average molecular weight is 334 g/mol. The minimum Gasteiger partial charge on any atom is -0.496 e. The molecule has 0 aromatic heterocycles. The maximum Gasteiger partial charge on any atom is 0.410 e. The highest BCUT2D eigenvalue weighted by molar-refractivity contribution is 5.78. The summed E-state index contributed by atoms with van der Waals surface area (Å²) in [6.45, 7) is 6.43. The van der Waals surface area contributed by atoms with Gasteiger partial charge in [0.2, 0.25) is 0 Å². The van der Waals surface area contributed by atoms with Crippen LogP contribution in [0.15, 0.2) is 24.3 Å². The van der Waals surface area contributed by atoms with Crippen LogP contribution in [0.25, 0.3) is 5.57 Å². The number of carbonyl (C=O) groups excluding carboxylic acids is 1. The Labute approximate surface area is 141 Å². The molecule has 1 amide bonds. The fourth-order valence-corrected chi connectivity index (χ4v) is 2.48. The molecule has 0 unspecified atom stereocenters. The quantitative estimate of drug-likeness (QED) is 0.623. The lowest BCUT2D eigenvalue weighted by Crippen LogP contribution is -2.39. The van der Waals surface area contributed by atoms with Crippen LogP contribution in [0.1, 0.15) is 32.8 Å². The van der Waals surface area contributed by atoms with Crippen LogP contribution in [-0.2, 0) is 4.74 Å². The van der Waals surface area contributed by atoms with E-state index in [0.29, 0.717) is 25.3 Å². The van der Waals surface area contributed by atoms with E-state index >= 15 is 0 Å². The minimum atomic E-state index is -0.552. The topological polar surface area (TPSA) is 81.9 Å². The number of rotatable bonds is 3. The van der Waals surface area contributed by atoms with Crippen LogP contribution >= 0.6 is 0 Å². The summed E-state index contributed by atoms with van der Waals surface area (Å²) in [4.78, 5) is 24.3. The Bertz CT molecular complexity index is 676. The largest absolute Gasteiger partial charge is 0.496 e. The number of nitro benzene ring substituents is 1. The van der Waals surface area contributed by atoms with Crippen molar-refractivity contribution in [2.45, 2.75) is 32.8 Å². The lowest BCUT2D eigenvalue weighted by Gasteiger charge is -2.30. The summed E-state index contributed by atoms with van der Waals surface area (Å²) in [6.07, 6.45) is 2.34. The van der Waals surface area contributed by atoms with Gasteiger partial charge in [0, 0.05) is 24.7 Å². The first-order valence-electron chi connectivity index (χ1n) is 7.71. The number of nitro groups is 1. The molecular formula is C17H22N2O5. The fraction of sp³-hybridized carbons (Fsp3) is 0.471. The molecule has 0 bridgehead atoms. The van der Waals surface area contributed by atoms with Crippen LogP contribution in [0.5, 0.6) is 5.75 Å². The summed E-state index contributed by atoms with van der Waals surface area (Å²) in [7, 11) is 1.47. The van der Waals surface area contributed by atoms with Crippen LogP contribution in [-0.4, -0.2) is 41.7 Å². The van der Waals surface area contributed by atoms with E-state index in [-0.39, 0.29) is 11.8 Å². The van der Waals surface area contributed by atoms with E-state index in [4.69, 9.17) is 9.47 Å². The van der Waals surface area contributed by atoms with Crippen molar-refractivity contribution in [2.24, 2.45) is 0 Å². The van der Waals surface area contributed by atoms with E-state index in [1.807, 2.05) is 26.8 Å². The fourth-order valence-electron chi connectivity index (χ4n) is 2.48. The zero-order valence-corrected chi connectivity index (χ0v) is 14.4. The molecule has 0 N–H and O–H groups in total. The van der Waals surface area contributed by atoms with E-state index in [0.717, 1.165) is 11.1 Å². The van der Waals surface area contributed by atoms with E-state index in [9.17, 15) is 14.9 Å². The lowest BCUT2D eigenvalue weighted by atomic mass is 10.00. The van der Waals surface area contributed by atoms with Gasteiger partial charge < -0.3 is 14.4 Å².